The molecule has 0 spiro atoms. The first-order valence-corrected chi connectivity index (χ1v) is 27.1. The molecule has 0 radical (unpaired) electrons. The number of terminal acetylenes is 1. The normalized spacial score (nSPS) is 21.9. The summed E-state index contributed by atoms with van der Waals surface area (Å²) in [4.78, 5) is 0. The van der Waals surface area contributed by atoms with Crippen molar-refractivity contribution in [2.75, 3.05) is 13.7 Å². The zero-order chi connectivity index (χ0) is 42.4. The Labute approximate surface area is 350 Å². The molecule has 2 aliphatic rings. The Morgan fingerprint density at radius 2 is 1.67 bits per heavy atom. The molecule has 7 atom stereocenters. The van der Waals surface area contributed by atoms with E-state index in [1.807, 2.05) is 12.1 Å². The third kappa shape index (κ3) is 16.6. The van der Waals surface area contributed by atoms with Crippen molar-refractivity contribution in [3.05, 3.63) is 90.1 Å². The van der Waals surface area contributed by atoms with Crippen molar-refractivity contribution >= 4 is 16.6 Å². The van der Waals surface area contributed by atoms with Gasteiger partial charge >= 0.3 is 0 Å². The first-order valence-electron chi connectivity index (χ1n) is 21.3. The summed E-state index contributed by atoms with van der Waals surface area (Å²) < 4.78 is 39.1. The molecule has 1 aromatic rings. The summed E-state index contributed by atoms with van der Waals surface area (Å²) in [6.07, 6.45) is 26.4. The van der Waals surface area contributed by atoms with Gasteiger partial charge in [-0.25, -0.2) is 0 Å². The van der Waals surface area contributed by atoms with Gasteiger partial charge in [-0.2, -0.15) is 0 Å². The second-order valence-corrected chi connectivity index (χ2v) is 29.0. The number of rotatable bonds is 21. The van der Waals surface area contributed by atoms with Crippen molar-refractivity contribution < 1.29 is 27.8 Å². The van der Waals surface area contributed by atoms with Crippen molar-refractivity contribution in [1.29, 1.82) is 0 Å². The predicted molar refractivity (Wildman–Crippen MR) is 245 cm³/mol. The smallest absolute Gasteiger partial charge is 0.193 e. The first-order chi connectivity index (χ1) is 26.6. The highest BCUT2D eigenvalue weighted by Gasteiger charge is 2.41. The molecule has 2 aliphatic heterocycles. The van der Waals surface area contributed by atoms with Crippen LogP contribution in [0, 0.1) is 18.3 Å². The third-order valence-corrected chi connectivity index (χ3v) is 21.2. The Bertz CT molecular complexity index is 1550. The van der Waals surface area contributed by atoms with Gasteiger partial charge in [0.05, 0.1) is 56.9 Å². The molecule has 8 heteroatoms. The molecule has 0 N–H and O–H groups in total. The van der Waals surface area contributed by atoms with Crippen LogP contribution in [0.15, 0.2) is 84.5 Å². The van der Waals surface area contributed by atoms with Crippen LogP contribution < -0.4 is 4.74 Å². The summed E-state index contributed by atoms with van der Waals surface area (Å²) in [5, 5.41) is 0.0963. The van der Waals surface area contributed by atoms with Crippen LogP contribution in [0.1, 0.15) is 106 Å². The number of benzene rings is 1. The molecule has 0 saturated carbocycles. The van der Waals surface area contributed by atoms with Crippen molar-refractivity contribution in [2.24, 2.45) is 5.92 Å². The van der Waals surface area contributed by atoms with Crippen LogP contribution in [0.2, 0.25) is 36.3 Å². The van der Waals surface area contributed by atoms with Crippen molar-refractivity contribution in [1.82, 2.24) is 0 Å². The van der Waals surface area contributed by atoms with Gasteiger partial charge in [-0.15, -0.1) is 12.3 Å². The molecule has 0 saturated heterocycles. The summed E-state index contributed by atoms with van der Waals surface area (Å²) in [7, 11) is -2.62. The van der Waals surface area contributed by atoms with Gasteiger partial charge < -0.3 is 27.8 Å². The zero-order valence-corrected chi connectivity index (χ0v) is 40.0. The summed E-state index contributed by atoms with van der Waals surface area (Å²) in [6.45, 7) is 33.2. The number of methoxy groups -OCH3 is 1. The molecule has 0 fully saturated rings. The predicted octanol–water partition coefficient (Wildman–Crippen LogP) is 12.7. The Morgan fingerprint density at radius 1 is 1.00 bits per heavy atom. The molecule has 1 unspecified atom stereocenters. The quantitative estimate of drug-likeness (QED) is 0.0700. The molecular weight excluding hydrogens is 741 g/mol. The highest BCUT2D eigenvalue weighted by molar-refractivity contribution is 6.74. The molecule has 0 bridgehead atoms. The standard InChI is InChI=1S/C49H78O6Si2/c1-16-19-42-20-17-21-44(53-42)34-38(3)32-39(4)35-45(54-56(12,13)48(5,6)7)22-18-23-46(52-36-40-24-26-41(50-11)27-25-40)47(55-57(14,15)49(8,9)10)29-28-43-33-37(2)30-31-51-43/h1,17-18,20,22,24-30,38,42-47H,4,19,21,23,31-36H2,2-3,5-15H3/b22-18+,29-28+/t38-,42+,43+,44-,45?,46-,47-/m0/s1. The largest absolute Gasteiger partial charge is 0.497 e. The van der Waals surface area contributed by atoms with E-state index in [1.54, 1.807) is 7.11 Å². The van der Waals surface area contributed by atoms with E-state index >= 15 is 0 Å². The number of hydrogen-bond acceptors (Lipinski definition) is 6. The third-order valence-electron chi connectivity index (χ3n) is 12.2. The monoisotopic (exact) mass is 819 g/mol. The minimum Gasteiger partial charge on any atom is -0.497 e. The molecule has 57 heavy (non-hydrogen) atoms. The van der Waals surface area contributed by atoms with Crippen LogP contribution in [-0.2, 0) is 29.7 Å². The van der Waals surface area contributed by atoms with E-state index < -0.39 is 16.6 Å². The maximum Gasteiger partial charge on any atom is 0.193 e. The molecule has 0 amide bonds. The molecule has 3 rings (SSSR count). The molecule has 2 heterocycles. The highest BCUT2D eigenvalue weighted by Crippen LogP contribution is 2.40. The van der Waals surface area contributed by atoms with Gasteiger partial charge in [0.25, 0.3) is 0 Å². The summed E-state index contributed by atoms with van der Waals surface area (Å²) >= 11 is 0. The fraction of sp³-hybridized carbons (Fsp3) is 0.633. The Balaban J connectivity index is 1.89. The molecule has 0 aliphatic carbocycles. The minimum absolute atomic E-state index is 0.0135. The van der Waals surface area contributed by atoms with E-state index in [4.69, 9.17) is 34.2 Å². The average molecular weight is 819 g/mol. The van der Waals surface area contributed by atoms with Crippen LogP contribution in [-0.4, -0.2) is 67.0 Å². The van der Waals surface area contributed by atoms with Gasteiger partial charge in [0, 0.05) is 6.42 Å². The van der Waals surface area contributed by atoms with Crippen molar-refractivity contribution in [2.45, 2.75) is 180 Å². The van der Waals surface area contributed by atoms with Crippen molar-refractivity contribution in [3.63, 3.8) is 0 Å². The van der Waals surface area contributed by atoms with Gasteiger partial charge in [0.2, 0.25) is 0 Å². The molecule has 6 nitrogen and oxygen atoms in total. The summed E-state index contributed by atoms with van der Waals surface area (Å²) in [6, 6.07) is 8.11. The van der Waals surface area contributed by atoms with Gasteiger partial charge in [-0.3, -0.25) is 0 Å². The van der Waals surface area contributed by atoms with E-state index in [0.29, 0.717) is 32.0 Å². The summed E-state index contributed by atoms with van der Waals surface area (Å²) in [5.74, 6) is 4.00. The number of hydrogen-bond donors (Lipinski definition) is 0. The van der Waals surface area contributed by atoms with E-state index in [2.05, 4.69) is 149 Å². The highest BCUT2D eigenvalue weighted by atomic mass is 28.4. The minimum atomic E-state index is -2.20. The maximum absolute atomic E-state index is 7.22. The lowest BCUT2D eigenvalue weighted by atomic mass is 9.91. The average Bonchev–Trinajstić information content (AvgIpc) is 3.10. The lowest BCUT2D eigenvalue weighted by Crippen LogP contribution is -2.47. The van der Waals surface area contributed by atoms with Crippen LogP contribution in [0.25, 0.3) is 0 Å². The Hall–Kier alpha value is -2.49. The van der Waals surface area contributed by atoms with Gasteiger partial charge in [-0.05, 0) is 105 Å². The van der Waals surface area contributed by atoms with Crippen LogP contribution >= 0.6 is 0 Å². The second kappa shape index (κ2) is 22.2. The zero-order valence-electron chi connectivity index (χ0n) is 38.0. The topological polar surface area (TPSA) is 55.4 Å². The maximum atomic E-state index is 7.22. The lowest BCUT2D eigenvalue weighted by Gasteiger charge is -2.40. The van der Waals surface area contributed by atoms with Crippen LogP contribution in [0.5, 0.6) is 5.75 Å². The van der Waals surface area contributed by atoms with Crippen LogP contribution in [0.4, 0.5) is 0 Å². The molecular formula is C49H78O6Si2. The van der Waals surface area contributed by atoms with Crippen LogP contribution in [0.3, 0.4) is 0 Å². The Kier molecular flexibility index (Phi) is 19.0. The molecule has 1 aromatic carbocycles. The SMILES string of the molecule is C#CC[C@@H]1C=CC[C@@H](C[C@@H](C)CC(=C)CC(/C=C/C[C@H](OCc2ccc(OC)cc2)[C@H](/C=C/[C@@H]2CC(C)=CCO2)O[Si](C)(C)C(C)(C)C)O[Si](C)(C)C(C)(C)C)O1. The van der Waals surface area contributed by atoms with E-state index in [9.17, 15) is 0 Å². The van der Waals surface area contributed by atoms with Crippen molar-refractivity contribution in [3.8, 4) is 18.1 Å². The molecule has 0 aromatic heterocycles. The fourth-order valence-electron chi connectivity index (χ4n) is 6.68. The van der Waals surface area contributed by atoms with Gasteiger partial charge in [0.1, 0.15) is 5.75 Å². The lowest BCUT2D eigenvalue weighted by molar-refractivity contribution is -0.0204. The summed E-state index contributed by atoms with van der Waals surface area (Å²) in [5.41, 5.74) is 3.64. The fourth-order valence-corrected chi connectivity index (χ4v) is 9.22. The number of ether oxygens (including phenoxy) is 4. The first kappa shape index (κ1) is 48.9. The Morgan fingerprint density at radius 3 is 2.28 bits per heavy atom. The molecule has 318 valence electrons. The van der Waals surface area contributed by atoms with Gasteiger partial charge in [0.15, 0.2) is 16.6 Å². The second-order valence-electron chi connectivity index (χ2n) is 19.5. The van der Waals surface area contributed by atoms with Gasteiger partial charge in [-0.1, -0.05) is 121 Å². The van der Waals surface area contributed by atoms with E-state index in [-0.39, 0.29) is 46.7 Å². The van der Waals surface area contributed by atoms with E-state index in [0.717, 1.165) is 43.4 Å². The van der Waals surface area contributed by atoms with E-state index in [1.165, 1.54) is 11.1 Å².